The van der Waals surface area contributed by atoms with Crippen LogP contribution in [0.2, 0.25) is 0 Å². The lowest BCUT2D eigenvalue weighted by molar-refractivity contribution is -0.238. The molecule has 2 heterocycles. The number of rotatable bonds is 1. The van der Waals surface area contributed by atoms with E-state index < -0.39 is 28.5 Å². The van der Waals surface area contributed by atoms with Crippen molar-refractivity contribution in [2.45, 2.75) is 57.7 Å². The van der Waals surface area contributed by atoms with Gasteiger partial charge in [-0.1, -0.05) is 13.0 Å². The second-order valence-corrected chi connectivity index (χ2v) is 9.34. The summed E-state index contributed by atoms with van der Waals surface area (Å²) in [6.07, 6.45) is 3.39. The van der Waals surface area contributed by atoms with Crippen LogP contribution in [-0.4, -0.2) is 41.1 Å². The number of fused-ring (bicyclic) bond motifs is 2. The van der Waals surface area contributed by atoms with Crippen molar-refractivity contribution in [1.82, 2.24) is 0 Å². The molecule has 1 saturated carbocycles. The minimum atomic E-state index is -1.47. The van der Waals surface area contributed by atoms with Crippen LogP contribution in [0, 0.1) is 16.7 Å². The van der Waals surface area contributed by atoms with Crippen LogP contribution in [0.25, 0.3) is 0 Å². The SMILES string of the molecule is CC(=O)O[C@@H]1C[C@@]23COC(=O)C2=CC[C@H]2c4occc4C(=O)C[C@](C)([C@@H]23)[C@]1(C)O. The summed E-state index contributed by atoms with van der Waals surface area (Å²) in [5, 5.41) is 11.7. The number of carbonyl (C=O) groups is 3. The molecule has 29 heavy (non-hydrogen) atoms. The van der Waals surface area contributed by atoms with Crippen molar-refractivity contribution in [3.8, 4) is 0 Å². The summed E-state index contributed by atoms with van der Waals surface area (Å²) in [6.45, 7) is 4.95. The highest BCUT2D eigenvalue weighted by Gasteiger charge is 2.72. The fourth-order valence-corrected chi connectivity index (χ4v) is 6.60. The third-order valence-electron chi connectivity index (χ3n) is 7.98. The Balaban J connectivity index is 1.78. The number of cyclic esters (lactones) is 1. The predicted molar refractivity (Wildman–Crippen MR) is 98.9 cm³/mol. The second kappa shape index (κ2) is 5.59. The Labute approximate surface area is 168 Å². The Morgan fingerprint density at radius 3 is 2.79 bits per heavy atom. The zero-order valence-corrected chi connectivity index (χ0v) is 16.7. The van der Waals surface area contributed by atoms with Gasteiger partial charge in [0.15, 0.2) is 5.78 Å². The first kappa shape index (κ1) is 18.6. The molecular formula is C22H24O7. The van der Waals surface area contributed by atoms with E-state index in [4.69, 9.17) is 13.9 Å². The summed E-state index contributed by atoms with van der Waals surface area (Å²) in [4.78, 5) is 37.6. The molecule has 2 fully saturated rings. The molecule has 0 bridgehead atoms. The first-order valence-corrected chi connectivity index (χ1v) is 10.00. The van der Waals surface area contributed by atoms with E-state index in [1.54, 1.807) is 13.0 Å². The van der Waals surface area contributed by atoms with Gasteiger partial charge < -0.3 is 19.0 Å². The number of Topliss-reactive ketones (excluding diaryl/α,β-unsaturated/α-hetero) is 1. The quantitative estimate of drug-likeness (QED) is 0.723. The Hall–Kier alpha value is -2.41. The summed E-state index contributed by atoms with van der Waals surface area (Å²) in [7, 11) is 0. The number of hydrogen-bond acceptors (Lipinski definition) is 7. The summed E-state index contributed by atoms with van der Waals surface area (Å²) in [6, 6.07) is 1.68. The minimum Gasteiger partial charge on any atom is -0.468 e. The van der Waals surface area contributed by atoms with Gasteiger partial charge in [-0.2, -0.15) is 0 Å². The average Bonchev–Trinajstić information content (AvgIpc) is 3.22. The molecule has 1 spiro atoms. The topological polar surface area (TPSA) is 103 Å². The van der Waals surface area contributed by atoms with E-state index in [1.807, 2.05) is 13.0 Å². The molecule has 1 aromatic heterocycles. The number of allylic oxidation sites excluding steroid dienone is 1. The van der Waals surface area contributed by atoms with Gasteiger partial charge >= 0.3 is 11.9 Å². The molecule has 7 heteroatoms. The lowest BCUT2D eigenvalue weighted by Crippen LogP contribution is -2.68. The zero-order chi connectivity index (χ0) is 20.8. The number of carbonyl (C=O) groups excluding carboxylic acids is 3. The second-order valence-electron chi connectivity index (χ2n) is 9.34. The van der Waals surface area contributed by atoms with Gasteiger partial charge in [-0.15, -0.1) is 0 Å². The molecule has 0 aromatic carbocycles. The molecule has 7 nitrogen and oxygen atoms in total. The standard InChI is InChI=1S/C22H24O7/c1-11(23)29-16-9-22-10-28-19(25)14(22)5-4-13-17-12(6-7-27-17)15(24)8-20(2,18(13)22)21(16,3)26/h5-7,13,16,18,26H,4,8-10H2,1-3H3/t13-,16+,18+,20+,21+,22+/m0/s1. The first-order chi connectivity index (χ1) is 13.6. The summed E-state index contributed by atoms with van der Waals surface area (Å²) >= 11 is 0. The molecule has 5 rings (SSSR count). The molecule has 6 atom stereocenters. The van der Waals surface area contributed by atoms with Gasteiger partial charge in [0, 0.05) is 42.1 Å². The Bertz CT molecular complexity index is 970. The van der Waals surface area contributed by atoms with Crippen molar-refractivity contribution < 1.29 is 33.4 Å². The smallest absolute Gasteiger partial charge is 0.334 e. The van der Waals surface area contributed by atoms with E-state index in [1.165, 1.54) is 13.2 Å². The van der Waals surface area contributed by atoms with E-state index >= 15 is 0 Å². The summed E-state index contributed by atoms with van der Waals surface area (Å²) in [5.41, 5.74) is -2.07. The van der Waals surface area contributed by atoms with Crippen LogP contribution in [0.4, 0.5) is 0 Å². The molecule has 1 aromatic rings. The van der Waals surface area contributed by atoms with Gasteiger partial charge in [0.1, 0.15) is 24.1 Å². The van der Waals surface area contributed by atoms with Crippen molar-refractivity contribution in [1.29, 1.82) is 0 Å². The lowest BCUT2D eigenvalue weighted by Gasteiger charge is -2.62. The van der Waals surface area contributed by atoms with Crippen molar-refractivity contribution in [2.24, 2.45) is 16.7 Å². The van der Waals surface area contributed by atoms with E-state index in [0.717, 1.165) is 0 Å². The maximum Gasteiger partial charge on any atom is 0.334 e. The van der Waals surface area contributed by atoms with Crippen LogP contribution < -0.4 is 0 Å². The number of ketones is 1. The van der Waals surface area contributed by atoms with E-state index in [2.05, 4.69) is 0 Å². The number of ether oxygens (including phenoxy) is 2. The van der Waals surface area contributed by atoms with Crippen LogP contribution in [0.3, 0.4) is 0 Å². The van der Waals surface area contributed by atoms with Gasteiger partial charge in [0.05, 0.1) is 11.8 Å². The molecule has 1 saturated heterocycles. The molecular weight excluding hydrogens is 376 g/mol. The molecule has 154 valence electrons. The molecule has 1 N–H and O–H groups in total. The predicted octanol–water partition coefficient (Wildman–Crippen LogP) is 2.53. The molecule has 3 aliphatic carbocycles. The van der Waals surface area contributed by atoms with E-state index in [0.29, 0.717) is 23.3 Å². The number of furan rings is 1. The normalized spacial score (nSPS) is 42.8. The van der Waals surface area contributed by atoms with Gasteiger partial charge in [-0.3, -0.25) is 9.59 Å². The summed E-state index contributed by atoms with van der Waals surface area (Å²) < 4.78 is 16.8. The monoisotopic (exact) mass is 400 g/mol. The minimum absolute atomic E-state index is 0.0642. The van der Waals surface area contributed by atoms with Crippen LogP contribution in [0.15, 0.2) is 28.4 Å². The molecule has 0 unspecified atom stereocenters. The van der Waals surface area contributed by atoms with Crippen LogP contribution in [0.1, 0.15) is 62.1 Å². The fraction of sp³-hybridized carbons (Fsp3) is 0.591. The Kier molecular flexibility index (Phi) is 3.59. The van der Waals surface area contributed by atoms with Crippen molar-refractivity contribution in [3.05, 3.63) is 35.3 Å². The number of esters is 2. The summed E-state index contributed by atoms with van der Waals surface area (Å²) in [5.74, 6) is -0.845. The van der Waals surface area contributed by atoms with Crippen molar-refractivity contribution >= 4 is 17.7 Å². The zero-order valence-electron chi connectivity index (χ0n) is 16.7. The fourth-order valence-electron chi connectivity index (χ4n) is 6.60. The van der Waals surface area contributed by atoms with E-state index in [-0.39, 0.29) is 43.0 Å². The van der Waals surface area contributed by atoms with Crippen LogP contribution in [-0.2, 0) is 19.1 Å². The first-order valence-electron chi connectivity index (χ1n) is 10.00. The van der Waals surface area contributed by atoms with Gasteiger partial charge in [0.2, 0.25) is 0 Å². The Morgan fingerprint density at radius 2 is 2.07 bits per heavy atom. The maximum absolute atomic E-state index is 13.2. The third kappa shape index (κ3) is 2.14. The molecule has 0 radical (unpaired) electrons. The largest absolute Gasteiger partial charge is 0.468 e. The van der Waals surface area contributed by atoms with E-state index in [9.17, 15) is 19.5 Å². The van der Waals surface area contributed by atoms with Crippen molar-refractivity contribution in [3.63, 3.8) is 0 Å². The number of aliphatic hydroxyl groups is 1. The third-order valence-corrected chi connectivity index (χ3v) is 7.98. The average molecular weight is 400 g/mol. The van der Waals surface area contributed by atoms with Crippen LogP contribution in [0.5, 0.6) is 0 Å². The molecule has 1 aliphatic heterocycles. The van der Waals surface area contributed by atoms with Gasteiger partial charge in [0.25, 0.3) is 0 Å². The van der Waals surface area contributed by atoms with Gasteiger partial charge in [-0.05, 0) is 25.3 Å². The molecule has 0 amide bonds. The number of hydrogen-bond donors (Lipinski definition) is 1. The molecule has 4 aliphatic rings. The maximum atomic E-state index is 13.2. The highest BCUT2D eigenvalue weighted by Crippen LogP contribution is 2.69. The Morgan fingerprint density at radius 1 is 1.31 bits per heavy atom. The highest BCUT2D eigenvalue weighted by atomic mass is 16.6. The van der Waals surface area contributed by atoms with Crippen molar-refractivity contribution in [2.75, 3.05) is 6.61 Å². The lowest BCUT2D eigenvalue weighted by atomic mass is 9.42. The van der Waals surface area contributed by atoms with Gasteiger partial charge in [-0.25, -0.2) is 4.79 Å². The van der Waals surface area contributed by atoms with Crippen LogP contribution >= 0.6 is 0 Å². The highest BCUT2D eigenvalue weighted by molar-refractivity contribution is 5.99.